The van der Waals surface area contributed by atoms with Crippen molar-refractivity contribution in [1.29, 1.82) is 0 Å². The fourth-order valence-corrected chi connectivity index (χ4v) is 2.20. The number of azo groups is 1. The van der Waals surface area contributed by atoms with E-state index < -0.39 is 10.8 Å². The van der Waals surface area contributed by atoms with Crippen molar-refractivity contribution in [3.8, 4) is 5.75 Å². The van der Waals surface area contributed by atoms with Gasteiger partial charge in [-0.3, -0.25) is 19.7 Å². The quantitative estimate of drug-likeness (QED) is 0.320. The molecule has 0 radical (unpaired) electrons. The van der Waals surface area contributed by atoms with Crippen molar-refractivity contribution >= 4 is 46.0 Å². The van der Waals surface area contributed by atoms with E-state index in [0.717, 1.165) is 0 Å². The lowest BCUT2D eigenvalue weighted by molar-refractivity contribution is -0.384. The predicted octanol–water partition coefficient (Wildman–Crippen LogP) is 4.59. The molecule has 0 spiro atoms. The molecule has 0 heterocycles. The molecule has 0 unspecified atom stereocenters. The van der Waals surface area contributed by atoms with Gasteiger partial charge in [0.05, 0.1) is 29.2 Å². The highest BCUT2D eigenvalue weighted by Crippen LogP contribution is 2.34. The van der Waals surface area contributed by atoms with E-state index >= 15 is 0 Å². The number of hydrogen-bond acceptors (Lipinski definition) is 7. The summed E-state index contributed by atoms with van der Waals surface area (Å²) in [6.07, 6.45) is -0.287. The van der Waals surface area contributed by atoms with Crippen LogP contribution in [0.5, 0.6) is 5.75 Å². The third-order valence-corrected chi connectivity index (χ3v) is 3.61. The van der Waals surface area contributed by atoms with Crippen molar-refractivity contribution in [2.75, 3.05) is 12.4 Å². The molecule has 0 saturated carbocycles. The van der Waals surface area contributed by atoms with Crippen LogP contribution in [0.2, 0.25) is 5.02 Å². The number of non-ortho nitro benzene ring substituents is 1. The van der Waals surface area contributed by atoms with Crippen molar-refractivity contribution < 1.29 is 19.2 Å². The van der Waals surface area contributed by atoms with Crippen molar-refractivity contribution in [3.05, 3.63) is 51.5 Å². The Morgan fingerprint density at radius 3 is 2.52 bits per heavy atom. The molecule has 0 fully saturated rings. The van der Waals surface area contributed by atoms with Crippen LogP contribution in [0.15, 0.2) is 46.6 Å². The standard InChI is InChI=1S/C17H15ClN4O5/c1-10(23)7-17(24)19-16-9-12(27-2)4-6-14(16)20-21-15-8-11(22(25)26)3-5-13(15)18/h3-6,8-9H,7H2,1-2H3,(H,19,24). The topological polar surface area (TPSA) is 123 Å². The molecular formula is C17H15ClN4O5. The molecule has 9 nitrogen and oxygen atoms in total. The Balaban J connectivity index is 2.36. The number of ether oxygens (including phenoxy) is 1. The van der Waals surface area contributed by atoms with Crippen LogP contribution in [0, 0.1) is 10.1 Å². The molecule has 0 aliphatic heterocycles. The number of amides is 1. The molecule has 0 aliphatic carbocycles. The van der Waals surface area contributed by atoms with Gasteiger partial charge in [-0.25, -0.2) is 0 Å². The van der Waals surface area contributed by atoms with Crippen molar-refractivity contribution in [2.24, 2.45) is 10.2 Å². The number of nitro benzene ring substituents is 1. The van der Waals surface area contributed by atoms with E-state index in [-0.39, 0.29) is 40.0 Å². The molecule has 2 rings (SSSR count). The van der Waals surface area contributed by atoms with Gasteiger partial charge in [-0.05, 0) is 25.1 Å². The number of nitrogens with one attached hydrogen (secondary N) is 1. The van der Waals surface area contributed by atoms with Gasteiger partial charge < -0.3 is 10.1 Å². The normalized spacial score (nSPS) is 10.6. The number of ketones is 1. The molecule has 0 aliphatic rings. The average molecular weight is 391 g/mol. The molecule has 1 amide bonds. The summed E-state index contributed by atoms with van der Waals surface area (Å²) in [6.45, 7) is 1.30. The van der Waals surface area contributed by atoms with Crippen molar-refractivity contribution in [3.63, 3.8) is 0 Å². The number of carbonyl (C=O) groups is 2. The number of hydrogen-bond donors (Lipinski definition) is 1. The minimum atomic E-state index is -0.573. The Bertz CT molecular complexity index is 930. The highest BCUT2D eigenvalue weighted by atomic mass is 35.5. The third kappa shape index (κ3) is 5.58. The molecule has 2 aromatic rings. The van der Waals surface area contributed by atoms with Crippen LogP contribution in [0.3, 0.4) is 0 Å². The van der Waals surface area contributed by atoms with Crippen LogP contribution in [0.4, 0.5) is 22.7 Å². The number of Topliss-reactive ketones (excluding diaryl/α,β-unsaturated/α-hetero) is 1. The second-order valence-corrected chi connectivity index (χ2v) is 5.81. The number of halogens is 1. The van der Waals surface area contributed by atoms with Crippen molar-refractivity contribution in [1.82, 2.24) is 0 Å². The lowest BCUT2D eigenvalue weighted by Gasteiger charge is -2.09. The van der Waals surface area contributed by atoms with E-state index in [0.29, 0.717) is 5.75 Å². The Morgan fingerprint density at radius 1 is 1.19 bits per heavy atom. The van der Waals surface area contributed by atoms with Gasteiger partial charge in [-0.2, -0.15) is 0 Å². The minimum absolute atomic E-state index is 0.0997. The molecule has 0 atom stereocenters. The summed E-state index contributed by atoms with van der Waals surface area (Å²) in [5.41, 5.74) is 0.446. The number of nitrogens with zero attached hydrogens (tertiary/aromatic N) is 3. The molecule has 0 aromatic heterocycles. The minimum Gasteiger partial charge on any atom is -0.497 e. The number of nitro groups is 1. The zero-order valence-corrected chi connectivity index (χ0v) is 15.2. The molecule has 1 N–H and O–H groups in total. The highest BCUT2D eigenvalue weighted by Gasteiger charge is 2.12. The van der Waals surface area contributed by atoms with Crippen LogP contribution >= 0.6 is 11.6 Å². The Morgan fingerprint density at radius 2 is 1.89 bits per heavy atom. The molecule has 0 saturated heterocycles. The second kappa shape index (κ2) is 8.86. The fraction of sp³-hybridized carbons (Fsp3) is 0.176. The molecule has 2 aromatic carbocycles. The first-order chi connectivity index (χ1) is 12.8. The van der Waals surface area contributed by atoms with Gasteiger partial charge in [0.15, 0.2) is 0 Å². The van der Waals surface area contributed by atoms with Crippen LogP contribution in [0.1, 0.15) is 13.3 Å². The van der Waals surface area contributed by atoms with Gasteiger partial charge >= 0.3 is 0 Å². The van der Waals surface area contributed by atoms with Crippen LogP contribution in [-0.2, 0) is 9.59 Å². The van der Waals surface area contributed by atoms with E-state index in [1.165, 1.54) is 44.4 Å². The van der Waals surface area contributed by atoms with Gasteiger partial charge in [0, 0.05) is 18.2 Å². The molecule has 0 bridgehead atoms. The Kier molecular flexibility index (Phi) is 6.56. The van der Waals surface area contributed by atoms with E-state index in [4.69, 9.17) is 16.3 Å². The molecule has 10 heteroatoms. The summed E-state index contributed by atoms with van der Waals surface area (Å²) in [7, 11) is 1.46. The largest absolute Gasteiger partial charge is 0.497 e. The number of carbonyl (C=O) groups excluding carboxylic acids is 2. The van der Waals surface area contributed by atoms with E-state index in [2.05, 4.69) is 15.5 Å². The first-order valence-corrected chi connectivity index (χ1v) is 8.01. The first-order valence-electron chi connectivity index (χ1n) is 7.63. The third-order valence-electron chi connectivity index (χ3n) is 3.29. The van der Waals surface area contributed by atoms with Crippen LogP contribution < -0.4 is 10.1 Å². The summed E-state index contributed by atoms with van der Waals surface area (Å²) in [4.78, 5) is 33.3. The van der Waals surface area contributed by atoms with Crippen LogP contribution in [0.25, 0.3) is 0 Å². The maximum atomic E-state index is 11.9. The lowest BCUT2D eigenvalue weighted by atomic mass is 10.2. The van der Waals surface area contributed by atoms with Crippen LogP contribution in [-0.4, -0.2) is 23.7 Å². The van der Waals surface area contributed by atoms with E-state index in [9.17, 15) is 19.7 Å². The summed E-state index contributed by atoms with van der Waals surface area (Å²) >= 11 is 5.99. The average Bonchev–Trinajstić information content (AvgIpc) is 2.60. The van der Waals surface area contributed by atoms with Gasteiger partial charge in [-0.15, -0.1) is 10.2 Å². The number of rotatable bonds is 7. The maximum Gasteiger partial charge on any atom is 0.271 e. The van der Waals surface area contributed by atoms with Gasteiger partial charge in [-0.1, -0.05) is 11.6 Å². The summed E-state index contributed by atoms with van der Waals surface area (Å²) < 4.78 is 5.11. The van der Waals surface area contributed by atoms with Crippen molar-refractivity contribution in [2.45, 2.75) is 13.3 Å². The second-order valence-electron chi connectivity index (χ2n) is 5.40. The zero-order chi connectivity index (χ0) is 20.0. The number of benzene rings is 2. The Hall–Kier alpha value is -3.33. The molecule has 27 heavy (non-hydrogen) atoms. The fourth-order valence-electron chi connectivity index (χ4n) is 2.05. The Labute approximate surface area is 159 Å². The highest BCUT2D eigenvalue weighted by molar-refractivity contribution is 6.33. The maximum absolute atomic E-state index is 11.9. The summed E-state index contributed by atoms with van der Waals surface area (Å²) in [6, 6.07) is 8.44. The van der Waals surface area contributed by atoms with E-state index in [1.54, 1.807) is 6.07 Å². The lowest BCUT2D eigenvalue weighted by Crippen LogP contribution is -2.14. The SMILES string of the molecule is COc1ccc(N=Nc2cc([N+](=O)[O-])ccc2Cl)c(NC(=O)CC(C)=O)c1. The zero-order valence-electron chi connectivity index (χ0n) is 14.4. The monoisotopic (exact) mass is 390 g/mol. The predicted molar refractivity (Wildman–Crippen MR) is 99.2 cm³/mol. The summed E-state index contributed by atoms with van der Waals surface area (Å²) in [5.74, 6) is -0.344. The molecular weight excluding hydrogens is 376 g/mol. The number of anilines is 1. The summed E-state index contributed by atoms with van der Waals surface area (Å²) in [5, 5.41) is 21.6. The van der Waals surface area contributed by atoms with E-state index in [1.807, 2.05) is 0 Å². The van der Waals surface area contributed by atoms with Gasteiger partial charge in [0.25, 0.3) is 5.69 Å². The number of methoxy groups -OCH3 is 1. The first kappa shape index (κ1) is 20.0. The molecule has 140 valence electrons. The smallest absolute Gasteiger partial charge is 0.271 e. The van der Waals surface area contributed by atoms with Gasteiger partial charge in [0.1, 0.15) is 22.9 Å². The van der Waals surface area contributed by atoms with Gasteiger partial charge in [0.2, 0.25) is 5.91 Å².